The Balaban J connectivity index is 1.62. The number of aromatic nitrogens is 2. The molecule has 2 heterocycles. The maximum atomic E-state index is 13.0. The highest BCUT2D eigenvalue weighted by molar-refractivity contribution is 5.85. The quantitative estimate of drug-likeness (QED) is 0.491. The number of hydrogen-bond donors (Lipinski definition) is 0. The fraction of sp³-hybridized carbons (Fsp3) is 0.538. The van der Waals surface area contributed by atoms with E-state index in [2.05, 4.69) is 15.1 Å². The molecule has 2 aromatic rings. The third-order valence-corrected chi connectivity index (χ3v) is 6.03. The van der Waals surface area contributed by atoms with Crippen LogP contribution in [0.4, 0.5) is 5.82 Å². The minimum Gasteiger partial charge on any atom is -0.493 e. The van der Waals surface area contributed by atoms with Gasteiger partial charge in [0.2, 0.25) is 11.8 Å². The van der Waals surface area contributed by atoms with E-state index >= 15 is 0 Å². The minimum atomic E-state index is -0.166. The topological polar surface area (TPSA) is 97.3 Å². The maximum absolute atomic E-state index is 13.0. The highest BCUT2D eigenvalue weighted by Crippen LogP contribution is 2.31. The average molecular weight is 500 g/mol. The Morgan fingerprint density at radius 2 is 1.75 bits per heavy atom. The number of carbonyl (C=O) groups excluding carboxylic acids is 2. The monoisotopic (exact) mass is 499 g/mol. The van der Waals surface area contributed by atoms with Crippen LogP contribution >= 0.6 is 0 Å². The molecule has 1 fully saturated rings. The van der Waals surface area contributed by atoms with E-state index in [9.17, 15) is 9.59 Å². The van der Waals surface area contributed by atoms with Crippen LogP contribution in [0.25, 0.3) is 11.3 Å². The third-order valence-electron chi connectivity index (χ3n) is 6.03. The zero-order chi connectivity index (χ0) is 26.1. The molecular formula is C26H37N5O5. The van der Waals surface area contributed by atoms with Crippen LogP contribution in [0, 0.1) is 5.92 Å². The van der Waals surface area contributed by atoms with Crippen molar-refractivity contribution in [2.24, 2.45) is 5.92 Å². The van der Waals surface area contributed by atoms with Crippen LogP contribution < -0.4 is 14.4 Å². The number of amides is 2. The molecule has 0 unspecified atom stereocenters. The van der Waals surface area contributed by atoms with E-state index in [1.807, 2.05) is 49.1 Å². The standard InChI is InChI=1S/C26H37N5O5/c1-19(2)16-31(26(33)18-34-3)17-25(32)30-12-6-11-29(13-14-30)24-10-8-21(27-28-24)20-7-9-22(35-4)23(15-20)36-5/h7-10,15,19H,6,11-14,16-18H2,1-5H3. The van der Waals surface area contributed by atoms with E-state index in [1.54, 1.807) is 19.1 Å². The predicted octanol–water partition coefficient (Wildman–Crippen LogP) is 2.33. The van der Waals surface area contributed by atoms with Gasteiger partial charge < -0.3 is 28.9 Å². The summed E-state index contributed by atoms with van der Waals surface area (Å²) in [6.07, 6.45) is 0.807. The second kappa shape index (κ2) is 13.1. The number of nitrogens with zero attached hydrogens (tertiary/aromatic N) is 5. The Labute approximate surface area is 213 Å². The summed E-state index contributed by atoms with van der Waals surface area (Å²) in [5.41, 5.74) is 1.62. The molecule has 1 aromatic carbocycles. The van der Waals surface area contributed by atoms with E-state index < -0.39 is 0 Å². The van der Waals surface area contributed by atoms with Crippen LogP contribution in [0.1, 0.15) is 20.3 Å². The first-order chi connectivity index (χ1) is 17.4. The van der Waals surface area contributed by atoms with Gasteiger partial charge in [0, 0.05) is 45.4 Å². The molecule has 0 aliphatic carbocycles. The third kappa shape index (κ3) is 7.07. The summed E-state index contributed by atoms with van der Waals surface area (Å²) >= 11 is 0. The lowest BCUT2D eigenvalue weighted by atomic mass is 10.1. The van der Waals surface area contributed by atoms with Crippen LogP contribution in [0.3, 0.4) is 0 Å². The molecule has 1 aliphatic rings. The molecule has 0 N–H and O–H groups in total. The van der Waals surface area contributed by atoms with Crippen LogP contribution in [-0.4, -0.2) is 99.0 Å². The van der Waals surface area contributed by atoms with Gasteiger partial charge in [0.25, 0.3) is 0 Å². The van der Waals surface area contributed by atoms with Gasteiger partial charge in [-0.2, -0.15) is 0 Å². The Bertz CT molecular complexity index is 1010. The highest BCUT2D eigenvalue weighted by atomic mass is 16.5. The molecule has 3 rings (SSSR count). The second-order valence-corrected chi connectivity index (χ2v) is 9.17. The Morgan fingerprint density at radius 1 is 0.972 bits per heavy atom. The highest BCUT2D eigenvalue weighted by Gasteiger charge is 2.24. The van der Waals surface area contributed by atoms with Gasteiger partial charge in [-0.1, -0.05) is 13.8 Å². The average Bonchev–Trinajstić information content (AvgIpc) is 3.14. The number of rotatable bonds is 10. The molecule has 36 heavy (non-hydrogen) atoms. The van der Waals surface area contributed by atoms with E-state index in [1.165, 1.54) is 7.11 Å². The first-order valence-corrected chi connectivity index (χ1v) is 12.2. The molecule has 10 nitrogen and oxygen atoms in total. The van der Waals surface area contributed by atoms with Gasteiger partial charge in [0.05, 0.1) is 26.5 Å². The smallest absolute Gasteiger partial charge is 0.249 e. The van der Waals surface area contributed by atoms with Gasteiger partial charge in [0.1, 0.15) is 6.61 Å². The molecule has 2 amide bonds. The summed E-state index contributed by atoms with van der Waals surface area (Å²) in [6.45, 7) is 7.24. The van der Waals surface area contributed by atoms with E-state index in [0.717, 1.165) is 30.0 Å². The number of benzene rings is 1. The van der Waals surface area contributed by atoms with Crippen molar-refractivity contribution in [2.75, 3.05) is 72.1 Å². The lowest BCUT2D eigenvalue weighted by Crippen LogP contribution is -2.46. The van der Waals surface area contributed by atoms with E-state index in [4.69, 9.17) is 14.2 Å². The van der Waals surface area contributed by atoms with Crippen LogP contribution in [0.2, 0.25) is 0 Å². The Morgan fingerprint density at radius 3 is 2.39 bits per heavy atom. The fourth-order valence-electron chi connectivity index (χ4n) is 4.21. The zero-order valence-electron chi connectivity index (χ0n) is 21.9. The molecule has 0 saturated carbocycles. The molecule has 196 valence electrons. The molecule has 0 bridgehead atoms. The van der Waals surface area contributed by atoms with Crippen molar-refractivity contribution in [2.45, 2.75) is 20.3 Å². The minimum absolute atomic E-state index is 0.0221. The first-order valence-electron chi connectivity index (χ1n) is 12.2. The van der Waals surface area contributed by atoms with Crippen LogP contribution in [-0.2, 0) is 14.3 Å². The summed E-state index contributed by atoms with van der Waals surface area (Å²) < 4.78 is 15.7. The normalized spacial score (nSPS) is 13.9. The van der Waals surface area contributed by atoms with Crippen molar-refractivity contribution < 1.29 is 23.8 Å². The number of hydrogen-bond acceptors (Lipinski definition) is 8. The summed E-state index contributed by atoms with van der Waals surface area (Å²) in [4.78, 5) is 31.0. The zero-order valence-corrected chi connectivity index (χ0v) is 21.9. The number of anilines is 1. The fourth-order valence-corrected chi connectivity index (χ4v) is 4.21. The largest absolute Gasteiger partial charge is 0.493 e. The van der Waals surface area contributed by atoms with Gasteiger partial charge >= 0.3 is 0 Å². The van der Waals surface area contributed by atoms with Crippen molar-refractivity contribution in [3.63, 3.8) is 0 Å². The molecule has 0 radical (unpaired) electrons. The van der Waals surface area contributed by atoms with Gasteiger partial charge in [-0.3, -0.25) is 9.59 Å². The molecule has 10 heteroatoms. The van der Waals surface area contributed by atoms with Gasteiger partial charge in [-0.15, -0.1) is 10.2 Å². The molecule has 1 aromatic heterocycles. The number of ether oxygens (including phenoxy) is 3. The molecule has 1 aliphatic heterocycles. The number of methoxy groups -OCH3 is 3. The Kier molecular flexibility index (Phi) is 9.86. The van der Waals surface area contributed by atoms with Crippen molar-refractivity contribution in [3.05, 3.63) is 30.3 Å². The first kappa shape index (κ1) is 27.2. The lowest BCUT2D eigenvalue weighted by molar-refractivity contribution is -0.143. The summed E-state index contributed by atoms with van der Waals surface area (Å²) in [5, 5.41) is 8.87. The Hall–Kier alpha value is -3.40. The summed E-state index contributed by atoms with van der Waals surface area (Å²) in [5.74, 6) is 2.11. The SMILES string of the molecule is COCC(=O)N(CC(=O)N1CCCN(c2ccc(-c3ccc(OC)c(OC)c3)nn2)CC1)CC(C)C. The predicted molar refractivity (Wildman–Crippen MR) is 137 cm³/mol. The van der Waals surface area contributed by atoms with Crippen molar-refractivity contribution in [1.82, 2.24) is 20.0 Å². The van der Waals surface area contributed by atoms with E-state index in [0.29, 0.717) is 37.7 Å². The molecule has 0 atom stereocenters. The van der Waals surface area contributed by atoms with Crippen molar-refractivity contribution in [1.29, 1.82) is 0 Å². The second-order valence-electron chi connectivity index (χ2n) is 9.17. The van der Waals surface area contributed by atoms with Crippen molar-refractivity contribution in [3.8, 4) is 22.8 Å². The van der Waals surface area contributed by atoms with Crippen LogP contribution in [0.5, 0.6) is 11.5 Å². The van der Waals surface area contributed by atoms with E-state index in [-0.39, 0.29) is 30.9 Å². The maximum Gasteiger partial charge on any atom is 0.249 e. The lowest BCUT2D eigenvalue weighted by Gasteiger charge is -2.28. The summed E-state index contributed by atoms with van der Waals surface area (Å²) in [6, 6.07) is 9.51. The molecule has 0 spiro atoms. The van der Waals surface area contributed by atoms with Gasteiger partial charge in [-0.25, -0.2) is 0 Å². The van der Waals surface area contributed by atoms with Crippen LogP contribution in [0.15, 0.2) is 30.3 Å². The van der Waals surface area contributed by atoms with Gasteiger partial charge in [-0.05, 0) is 42.7 Å². The molecule has 1 saturated heterocycles. The molecular weight excluding hydrogens is 462 g/mol. The summed E-state index contributed by atoms with van der Waals surface area (Å²) in [7, 11) is 4.69. The number of carbonyl (C=O) groups is 2. The van der Waals surface area contributed by atoms with Crippen molar-refractivity contribution >= 4 is 17.6 Å². The van der Waals surface area contributed by atoms with Gasteiger partial charge in [0.15, 0.2) is 17.3 Å².